The second-order valence-corrected chi connectivity index (χ2v) is 1.88. The Morgan fingerprint density at radius 1 is 1.78 bits per heavy atom. The number of nitrogens with two attached hydrogens (primary N) is 1. The van der Waals surface area contributed by atoms with Crippen LogP contribution >= 0.6 is 12.2 Å². The molecule has 0 spiro atoms. The van der Waals surface area contributed by atoms with Crippen molar-refractivity contribution in [2.24, 2.45) is 5.73 Å². The summed E-state index contributed by atoms with van der Waals surface area (Å²) in [6, 6.07) is 0. The van der Waals surface area contributed by atoms with Crippen LogP contribution < -0.4 is 11.1 Å². The Kier molecular flexibility index (Phi) is 5.11. The minimum absolute atomic E-state index is 0.252. The van der Waals surface area contributed by atoms with Gasteiger partial charge in [-0.1, -0.05) is 6.08 Å². The summed E-state index contributed by atoms with van der Waals surface area (Å²) < 4.78 is 11.2. The van der Waals surface area contributed by atoms with Crippen LogP contribution in [0, 0.1) is 0 Å². The lowest BCUT2D eigenvalue weighted by molar-refractivity contribution is 0.711. The van der Waals surface area contributed by atoms with Gasteiger partial charge in [0.25, 0.3) is 0 Å². The molecule has 0 radical (unpaired) electrons. The van der Waals surface area contributed by atoms with Crippen LogP contribution in [0.3, 0.4) is 0 Å². The molecule has 0 heterocycles. The molecule has 0 bridgehead atoms. The van der Waals surface area contributed by atoms with E-state index in [4.69, 9.17) is 5.73 Å². The minimum atomic E-state index is 0.252. The summed E-state index contributed by atoms with van der Waals surface area (Å²) in [6.45, 7) is 0.593. The number of hydrogen-bond donors (Lipinski definition) is 2. The van der Waals surface area contributed by atoms with Crippen molar-refractivity contribution in [3.63, 3.8) is 0 Å². The molecule has 0 saturated carbocycles. The Balaban J connectivity index is 3.01. The van der Waals surface area contributed by atoms with E-state index in [-0.39, 0.29) is 5.11 Å². The molecule has 0 amide bonds. The topological polar surface area (TPSA) is 38.0 Å². The second-order valence-electron chi connectivity index (χ2n) is 1.44. The van der Waals surface area contributed by atoms with Crippen LogP contribution in [-0.2, 0) is 0 Å². The molecule has 0 aromatic carbocycles. The molecule has 0 atom stereocenters. The highest BCUT2D eigenvalue weighted by atomic mass is 32.1. The molecule has 4 heteroatoms. The highest BCUT2D eigenvalue weighted by Gasteiger charge is 1.82. The van der Waals surface area contributed by atoms with Gasteiger partial charge < -0.3 is 11.1 Å². The molecule has 0 aliphatic rings. The maximum atomic E-state index is 11.2. The van der Waals surface area contributed by atoms with Gasteiger partial charge in [-0.05, 0) is 18.6 Å². The quantitative estimate of drug-likeness (QED) is 0.457. The first-order valence-corrected chi connectivity index (χ1v) is 2.96. The zero-order valence-corrected chi connectivity index (χ0v) is 5.75. The standard InChI is InChI=1S/C5H9FN2S/c6-3-1-2-4-8-5(7)9/h1,3H,2,4H2,(H3,7,8,9). The normalized spacial score (nSPS) is 9.89. The van der Waals surface area contributed by atoms with Crippen molar-refractivity contribution in [3.05, 3.63) is 12.4 Å². The van der Waals surface area contributed by atoms with Gasteiger partial charge in [0.05, 0.1) is 6.33 Å². The van der Waals surface area contributed by atoms with Crippen LogP contribution in [0.15, 0.2) is 12.4 Å². The van der Waals surface area contributed by atoms with Crippen molar-refractivity contribution in [2.75, 3.05) is 6.54 Å². The fourth-order valence-electron chi connectivity index (χ4n) is 0.342. The number of thiocarbonyl (C=S) groups is 1. The van der Waals surface area contributed by atoms with E-state index in [1.54, 1.807) is 0 Å². The first-order valence-electron chi connectivity index (χ1n) is 2.56. The zero-order valence-electron chi connectivity index (χ0n) is 4.93. The summed E-state index contributed by atoms with van der Waals surface area (Å²) in [5, 5.41) is 2.92. The maximum absolute atomic E-state index is 11.2. The van der Waals surface area contributed by atoms with Crippen LogP contribution in [0.25, 0.3) is 0 Å². The van der Waals surface area contributed by atoms with Crippen molar-refractivity contribution in [2.45, 2.75) is 6.42 Å². The van der Waals surface area contributed by atoms with E-state index < -0.39 is 0 Å². The van der Waals surface area contributed by atoms with Gasteiger partial charge in [-0.2, -0.15) is 0 Å². The fourth-order valence-corrected chi connectivity index (χ4v) is 0.444. The summed E-state index contributed by atoms with van der Waals surface area (Å²) in [4.78, 5) is 0. The van der Waals surface area contributed by atoms with Gasteiger partial charge in [-0.3, -0.25) is 0 Å². The van der Waals surface area contributed by atoms with Crippen molar-refractivity contribution in [1.29, 1.82) is 0 Å². The van der Waals surface area contributed by atoms with Crippen LogP contribution in [0.2, 0.25) is 0 Å². The molecule has 0 aliphatic carbocycles. The Labute approximate surface area is 58.9 Å². The van der Waals surface area contributed by atoms with E-state index >= 15 is 0 Å². The van der Waals surface area contributed by atoms with Crippen LogP contribution in [-0.4, -0.2) is 11.7 Å². The minimum Gasteiger partial charge on any atom is -0.376 e. The molecule has 0 aromatic heterocycles. The smallest absolute Gasteiger partial charge is 0.163 e. The van der Waals surface area contributed by atoms with E-state index in [1.165, 1.54) is 6.08 Å². The van der Waals surface area contributed by atoms with Crippen molar-refractivity contribution in [3.8, 4) is 0 Å². The molecule has 0 rings (SSSR count). The molecule has 2 nitrogen and oxygen atoms in total. The van der Waals surface area contributed by atoms with Gasteiger partial charge >= 0.3 is 0 Å². The summed E-state index contributed by atoms with van der Waals surface area (Å²) in [7, 11) is 0. The third-order valence-electron chi connectivity index (χ3n) is 0.699. The molecule has 0 unspecified atom stereocenters. The number of rotatable bonds is 3. The molecular weight excluding hydrogens is 139 g/mol. The first kappa shape index (κ1) is 8.36. The number of hydrogen-bond acceptors (Lipinski definition) is 1. The SMILES string of the molecule is NC(=S)NCCC=CF. The number of nitrogens with one attached hydrogen (secondary N) is 1. The van der Waals surface area contributed by atoms with Gasteiger partial charge in [0.2, 0.25) is 0 Å². The zero-order chi connectivity index (χ0) is 7.11. The summed E-state index contributed by atoms with van der Waals surface area (Å²) in [5.41, 5.74) is 5.08. The van der Waals surface area contributed by atoms with E-state index in [1.807, 2.05) is 0 Å². The molecular formula is C5H9FN2S. The molecule has 3 N–H and O–H groups in total. The average molecular weight is 148 g/mol. The monoisotopic (exact) mass is 148 g/mol. The lowest BCUT2D eigenvalue weighted by Gasteiger charge is -1.97. The van der Waals surface area contributed by atoms with Crippen molar-refractivity contribution in [1.82, 2.24) is 5.32 Å². The Hall–Kier alpha value is -0.640. The van der Waals surface area contributed by atoms with E-state index in [0.717, 1.165) is 0 Å². The van der Waals surface area contributed by atoms with Gasteiger partial charge in [-0.25, -0.2) is 4.39 Å². The van der Waals surface area contributed by atoms with E-state index in [2.05, 4.69) is 17.5 Å². The summed E-state index contributed by atoms with van der Waals surface area (Å²) in [6.07, 6.45) is 2.50. The Morgan fingerprint density at radius 3 is 2.89 bits per heavy atom. The maximum Gasteiger partial charge on any atom is 0.163 e. The number of halogens is 1. The van der Waals surface area contributed by atoms with Gasteiger partial charge in [0.1, 0.15) is 0 Å². The lowest BCUT2D eigenvalue weighted by Crippen LogP contribution is -2.29. The molecule has 0 saturated heterocycles. The highest BCUT2D eigenvalue weighted by Crippen LogP contribution is 1.79. The molecule has 0 aliphatic heterocycles. The summed E-state index contributed by atoms with van der Waals surface area (Å²) >= 11 is 4.49. The Bertz CT molecular complexity index is 114. The third kappa shape index (κ3) is 7.36. The fraction of sp³-hybridized carbons (Fsp3) is 0.400. The third-order valence-corrected chi connectivity index (χ3v) is 0.844. The largest absolute Gasteiger partial charge is 0.376 e. The molecule has 0 aromatic rings. The predicted molar refractivity (Wildman–Crippen MR) is 39.7 cm³/mol. The molecule has 9 heavy (non-hydrogen) atoms. The Morgan fingerprint density at radius 2 is 2.44 bits per heavy atom. The predicted octanol–water partition coefficient (Wildman–Crippen LogP) is 0.693. The second kappa shape index (κ2) is 5.50. The van der Waals surface area contributed by atoms with Gasteiger partial charge in [0, 0.05) is 6.54 Å². The average Bonchev–Trinajstić information content (AvgIpc) is 1.80. The van der Waals surface area contributed by atoms with Crippen LogP contribution in [0.1, 0.15) is 6.42 Å². The van der Waals surface area contributed by atoms with Crippen LogP contribution in [0.5, 0.6) is 0 Å². The van der Waals surface area contributed by atoms with E-state index in [9.17, 15) is 4.39 Å². The molecule has 0 fully saturated rings. The first-order chi connectivity index (χ1) is 4.27. The molecule has 52 valence electrons. The van der Waals surface area contributed by atoms with Gasteiger partial charge in [-0.15, -0.1) is 0 Å². The summed E-state index contributed by atoms with van der Waals surface area (Å²) in [5.74, 6) is 0. The van der Waals surface area contributed by atoms with Gasteiger partial charge in [0.15, 0.2) is 5.11 Å². The highest BCUT2D eigenvalue weighted by molar-refractivity contribution is 7.80. The van der Waals surface area contributed by atoms with Crippen molar-refractivity contribution >= 4 is 17.3 Å². The van der Waals surface area contributed by atoms with Crippen molar-refractivity contribution < 1.29 is 4.39 Å². The lowest BCUT2D eigenvalue weighted by atomic mass is 10.4. The van der Waals surface area contributed by atoms with Crippen LogP contribution in [0.4, 0.5) is 4.39 Å². The van der Waals surface area contributed by atoms with E-state index in [0.29, 0.717) is 19.3 Å².